The molecule has 6 aromatic carbocycles. The molecule has 44 heavy (non-hydrogen) atoms. The van der Waals surface area contributed by atoms with Crippen LogP contribution in [0.2, 0.25) is 0 Å². The zero-order valence-corrected chi connectivity index (χ0v) is 25.3. The van der Waals surface area contributed by atoms with Gasteiger partial charge in [0, 0.05) is 19.3 Å². The van der Waals surface area contributed by atoms with Crippen LogP contribution in [0, 0.1) is 5.92 Å². The molecular formula is C40H37N3O. The quantitative estimate of drug-likeness (QED) is 0.126. The second-order valence-electron chi connectivity index (χ2n) is 12.2. The highest BCUT2D eigenvalue weighted by Crippen LogP contribution is 2.40. The molecule has 218 valence electrons. The van der Waals surface area contributed by atoms with Crippen LogP contribution in [0.25, 0.3) is 32.3 Å². The number of nitrogens with one attached hydrogen (secondary N) is 1. The molecule has 2 N–H and O–H groups in total. The number of phenols is 1. The van der Waals surface area contributed by atoms with Crippen LogP contribution >= 0.6 is 0 Å². The van der Waals surface area contributed by atoms with Crippen LogP contribution in [0.5, 0.6) is 5.75 Å². The Hall–Kier alpha value is -5.09. The van der Waals surface area contributed by atoms with E-state index in [0.29, 0.717) is 19.0 Å². The molecule has 0 aliphatic heterocycles. The second-order valence-corrected chi connectivity index (χ2v) is 12.2. The zero-order valence-electron chi connectivity index (χ0n) is 25.3. The van der Waals surface area contributed by atoms with Crippen molar-refractivity contribution in [2.45, 2.75) is 33.4 Å². The third-order valence-corrected chi connectivity index (χ3v) is 8.49. The Kier molecular flexibility index (Phi) is 7.49. The lowest BCUT2D eigenvalue weighted by molar-refractivity contribution is 0.473. The summed E-state index contributed by atoms with van der Waals surface area (Å²) < 4.78 is 0. The first-order valence-electron chi connectivity index (χ1n) is 15.5. The van der Waals surface area contributed by atoms with E-state index in [2.05, 4.69) is 120 Å². The molecular weight excluding hydrogens is 538 g/mol. The molecule has 0 atom stereocenters. The minimum absolute atomic E-state index is 0.275. The molecule has 0 saturated carbocycles. The summed E-state index contributed by atoms with van der Waals surface area (Å²) in [6.45, 7) is 6.52. The molecule has 0 radical (unpaired) electrons. The molecule has 0 aliphatic rings. The molecule has 4 heteroatoms. The highest BCUT2D eigenvalue weighted by atomic mass is 16.3. The number of benzene rings is 6. The summed E-state index contributed by atoms with van der Waals surface area (Å²) in [5.74, 6) is 0.695. The van der Waals surface area contributed by atoms with Crippen LogP contribution in [-0.2, 0) is 19.5 Å². The maximum atomic E-state index is 11.8. The van der Waals surface area contributed by atoms with E-state index in [1.54, 1.807) is 6.20 Å². The highest BCUT2D eigenvalue weighted by Gasteiger charge is 2.19. The summed E-state index contributed by atoms with van der Waals surface area (Å²) in [7, 11) is 0. The van der Waals surface area contributed by atoms with E-state index >= 15 is 0 Å². The van der Waals surface area contributed by atoms with Gasteiger partial charge in [-0.25, -0.2) is 0 Å². The molecule has 0 aliphatic carbocycles. The minimum Gasteiger partial charge on any atom is -0.504 e. The van der Waals surface area contributed by atoms with Crippen molar-refractivity contribution in [1.82, 2.24) is 4.98 Å². The van der Waals surface area contributed by atoms with Crippen molar-refractivity contribution in [3.8, 4) is 5.75 Å². The van der Waals surface area contributed by atoms with Gasteiger partial charge in [-0.2, -0.15) is 0 Å². The number of hydrogen-bond acceptors (Lipinski definition) is 4. The van der Waals surface area contributed by atoms with Crippen molar-refractivity contribution in [3.63, 3.8) is 0 Å². The van der Waals surface area contributed by atoms with E-state index in [9.17, 15) is 5.11 Å². The van der Waals surface area contributed by atoms with Gasteiger partial charge in [0.25, 0.3) is 0 Å². The Morgan fingerprint density at radius 2 is 1.45 bits per heavy atom. The van der Waals surface area contributed by atoms with Gasteiger partial charge >= 0.3 is 0 Å². The SMILES string of the molecule is CC(C)CN(Cc1ccccc1)c1cc(Cc2ccc3ccc4cccc5ccc2c3c45)cc(NCc2ccccn2)c1O. The fourth-order valence-electron chi connectivity index (χ4n) is 6.51. The minimum atomic E-state index is 0.275. The standard InChI is InChI=1S/C40H37N3O/c1-27(2)25-43(26-28-9-4-3-5-10-28)37-23-29(22-36(40(37)44)42-24-34-13-6-7-20-41-34)21-33-17-16-32-15-14-30-11-8-12-31-18-19-35(33)39(32)38(30)31/h3-20,22-23,27,42,44H,21,24-26H2,1-2H3. The highest BCUT2D eigenvalue weighted by molar-refractivity contribution is 6.23. The van der Waals surface area contributed by atoms with Crippen molar-refractivity contribution in [2.75, 3.05) is 16.8 Å². The predicted molar refractivity (Wildman–Crippen MR) is 185 cm³/mol. The number of phenolic OH excluding ortho intramolecular Hbond substituents is 1. The Labute approximate surface area is 259 Å². The van der Waals surface area contributed by atoms with E-state index in [1.165, 1.54) is 43.4 Å². The van der Waals surface area contributed by atoms with Crippen molar-refractivity contribution in [2.24, 2.45) is 5.92 Å². The monoisotopic (exact) mass is 575 g/mol. The number of pyridine rings is 1. The largest absolute Gasteiger partial charge is 0.504 e. The molecule has 0 bridgehead atoms. The number of nitrogens with zero attached hydrogens (tertiary/aromatic N) is 2. The van der Waals surface area contributed by atoms with Gasteiger partial charge in [-0.1, -0.05) is 105 Å². The van der Waals surface area contributed by atoms with Crippen molar-refractivity contribution in [3.05, 3.63) is 144 Å². The lowest BCUT2D eigenvalue weighted by Crippen LogP contribution is -2.27. The molecule has 1 aromatic heterocycles. The average Bonchev–Trinajstić information content (AvgIpc) is 3.05. The van der Waals surface area contributed by atoms with Gasteiger partial charge in [0.1, 0.15) is 0 Å². The second kappa shape index (κ2) is 11.9. The first kappa shape index (κ1) is 27.7. The number of rotatable bonds is 10. The fraction of sp³-hybridized carbons (Fsp3) is 0.175. The van der Waals surface area contributed by atoms with E-state index in [-0.39, 0.29) is 5.75 Å². The van der Waals surface area contributed by atoms with Crippen molar-refractivity contribution >= 4 is 43.7 Å². The fourth-order valence-corrected chi connectivity index (χ4v) is 6.51. The first-order valence-corrected chi connectivity index (χ1v) is 15.5. The van der Waals surface area contributed by atoms with Crippen LogP contribution < -0.4 is 10.2 Å². The molecule has 0 spiro atoms. The van der Waals surface area contributed by atoms with Gasteiger partial charge in [-0.05, 0) is 85.6 Å². The average molecular weight is 576 g/mol. The van der Waals surface area contributed by atoms with Gasteiger partial charge in [0.15, 0.2) is 5.75 Å². The summed E-state index contributed by atoms with van der Waals surface area (Å²) in [5.41, 5.74) is 6.14. The van der Waals surface area contributed by atoms with Crippen LogP contribution in [0.1, 0.15) is 36.2 Å². The molecule has 0 fully saturated rings. The van der Waals surface area contributed by atoms with Crippen LogP contribution in [0.15, 0.2) is 121 Å². The van der Waals surface area contributed by atoms with Crippen LogP contribution in [0.4, 0.5) is 11.4 Å². The van der Waals surface area contributed by atoms with E-state index in [4.69, 9.17) is 0 Å². The van der Waals surface area contributed by atoms with Gasteiger partial charge in [0.05, 0.1) is 23.6 Å². The summed E-state index contributed by atoms with van der Waals surface area (Å²) in [4.78, 5) is 6.80. The molecule has 4 nitrogen and oxygen atoms in total. The summed E-state index contributed by atoms with van der Waals surface area (Å²) >= 11 is 0. The molecule has 7 rings (SSSR count). The third kappa shape index (κ3) is 5.51. The molecule has 7 aromatic rings. The predicted octanol–water partition coefficient (Wildman–Crippen LogP) is 9.55. The van der Waals surface area contributed by atoms with Crippen molar-refractivity contribution in [1.29, 1.82) is 0 Å². The van der Waals surface area contributed by atoms with Gasteiger partial charge in [-0.3, -0.25) is 4.98 Å². The van der Waals surface area contributed by atoms with E-state index < -0.39 is 0 Å². The molecule has 1 heterocycles. The molecule has 0 saturated heterocycles. The zero-order chi connectivity index (χ0) is 30.0. The van der Waals surface area contributed by atoms with Crippen LogP contribution in [0.3, 0.4) is 0 Å². The molecule has 0 amide bonds. The van der Waals surface area contributed by atoms with Gasteiger partial charge in [0.2, 0.25) is 0 Å². The smallest absolute Gasteiger partial charge is 0.162 e. The Morgan fingerprint density at radius 3 is 2.20 bits per heavy atom. The molecule has 0 unspecified atom stereocenters. The normalized spacial score (nSPS) is 11.6. The van der Waals surface area contributed by atoms with E-state index in [1.807, 2.05) is 24.3 Å². The third-order valence-electron chi connectivity index (χ3n) is 8.49. The lowest BCUT2D eigenvalue weighted by atomic mass is 9.90. The number of aromatic nitrogens is 1. The summed E-state index contributed by atoms with van der Waals surface area (Å²) in [6, 6.07) is 40.8. The Morgan fingerprint density at radius 1 is 0.727 bits per heavy atom. The number of anilines is 2. The van der Waals surface area contributed by atoms with E-state index in [0.717, 1.165) is 35.6 Å². The van der Waals surface area contributed by atoms with Crippen LogP contribution in [-0.4, -0.2) is 16.6 Å². The summed E-state index contributed by atoms with van der Waals surface area (Å²) in [6.07, 6.45) is 2.55. The van der Waals surface area contributed by atoms with Gasteiger partial charge < -0.3 is 15.3 Å². The van der Waals surface area contributed by atoms with Gasteiger partial charge in [-0.15, -0.1) is 0 Å². The first-order chi connectivity index (χ1) is 21.5. The Bertz CT molecular complexity index is 2020. The van der Waals surface area contributed by atoms with Crippen molar-refractivity contribution < 1.29 is 5.11 Å². The topological polar surface area (TPSA) is 48.4 Å². The summed E-state index contributed by atoms with van der Waals surface area (Å²) in [5, 5.41) is 23.0. The lowest BCUT2D eigenvalue weighted by Gasteiger charge is -2.29. The maximum Gasteiger partial charge on any atom is 0.162 e. The number of aromatic hydroxyl groups is 1. The Balaban J connectivity index is 1.33. The maximum absolute atomic E-state index is 11.8. The number of hydrogen-bond donors (Lipinski definition) is 2.